The van der Waals surface area contributed by atoms with Gasteiger partial charge in [0.05, 0.1) is 17.7 Å². The Morgan fingerprint density at radius 1 is 0.870 bits per heavy atom. The average Bonchev–Trinajstić information content (AvgIpc) is 3.01. The molecule has 0 aliphatic rings. The molecule has 0 saturated heterocycles. The third-order valence-electron chi connectivity index (χ3n) is 7.22. The van der Waals surface area contributed by atoms with Crippen molar-refractivity contribution in [3.63, 3.8) is 0 Å². The zero-order chi connectivity index (χ0) is 33.5. The van der Waals surface area contributed by atoms with Crippen LogP contribution in [0.25, 0.3) is 0 Å². The van der Waals surface area contributed by atoms with Crippen molar-refractivity contribution < 1.29 is 22.7 Å². The SMILES string of the molecule is COc1ccc(C)cc1N(CC(=O)N(Cc1cccc(Br)c1)[C@@H](Cc1ccccc1)C(=O)NC(C)(C)C)S(=O)(=O)c1ccccc1. The molecule has 0 aliphatic heterocycles. The quantitative estimate of drug-likeness (QED) is 0.181. The summed E-state index contributed by atoms with van der Waals surface area (Å²) in [7, 11) is -2.79. The molecule has 0 radical (unpaired) electrons. The van der Waals surface area contributed by atoms with Crippen LogP contribution in [0, 0.1) is 6.92 Å². The van der Waals surface area contributed by atoms with E-state index in [0.717, 1.165) is 25.5 Å². The second-order valence-corrected chi connectivity index (χ2v) is 14.9. The maximum atomic E-state index is 14.7. The number of benzene rings is 4. The summed E-state index contributed by atoms with van der Waals surface area (Å²) in [5.74, 6) is -0.596. The fourth-order valence-electron chi connectivity index (χ4n) is 5.07. The zero-order valence-electron chi connectivity index (χ0n) is 26.7. The third-order valence-corrected chi connectivity index (χ3v) is 9.49. The Hall–Kier alpha value is -4.15. The second-order valence-electron chi connectivity index (χ2n) is 12.1. The van der Waals surface area contributed by atoms with Crippen LogP contribution in [0.15, 0.2) is 112 Å². The first-order valence-corrected chi connectivity index (χ1v) is 17.1. The molecule has 0 aromatic heterocycles. The highest BCUT2D eigenvalue weighted by atomic mass is 79.9. The van der Waals surface area contributed by atoms with Gasteiger partial charge in [0.25, 0.3) is 10.0 Å². The number of ether oxygens (including phenoxy) is 1. The molecule has 4 aromatic carbocycles. The number of hydrogen-bond acceptors (Lipinski definition) is 5. The molecule has 4 aromatic rings. The van der Waals surface area contributed by atoms with Gasteiger partial charge >= 0.3 is 0 Å². The maximum Gasteiger partial charge on any atom is 0.264 e. The van der Waals surface area contributed by atoms with Crippen molar-refractivity contribution in [2.24, 2.45) is 0 Å². The van der Waals surface area contributed by atoms with E-state index in [0.29, 0.717) is 5.75 Å². The molecule has 10 heteroatoms. The normalized spacial score (nSPS) is 12.2. The minimum atomic E-state index is -4.25. The highest BCUT2D eigenvalue weighted by Crippen LogP contribution is 2.34. The van der Waals surface area contributed by atoms with E-state index in [2.05, 4.69) is 21.2 Å². The van der Waals surface area contributed by atoms with Crippen LogP contribution in [0.5, 0.6) is 5.75 Å². The van der Waals surface area contributed by atoms with Gasteiger partial charge in [-0.15, -0.1) is 0 Å². The van der Waals surface area contributed by atoms with Gasteiger partial charge in [-0.1, -0.05) is 82.7 Å². The number of anilines is 1. The summed E-state index contributed by atoms with van der Waals surface area (Å²) in [6.07, 6.45) is 0.224. The second kappa shape index (κ2) is 15.0. The van der Waals surface area contributed by atoms with Gasteiger partial charge < -0.3 is 15.0 Å². The number of sulfonamides is 1. The fourth-order valence-corrected chi connectivity index (χ4v) is 6.95. The molecular weight excluding hydrogens is 666 g/mol. The van der Waals surface area contributed by atoms with E-state index in [-0.39, 0.29) is 29.5 Å². The maximum absolute atomic E-state index is 14.7. The van der Waals surface area contributed by atoms with Crippen LogP contribution in [0.3, 0.4) is 0 Å². The van der Waals surface area contributed by atoms with Crippen molar-refractivity contribution in [1.29, 1.82) is 0 Å². The number of methoxy groups -OCH3 is 1. The van der Waals surface area contributed by atoms with Gasteiger partial charge in [0.2, 0.25) is 11.8 Å². The lowest BCUT2D eigenvalue weighted by Gasteiger charge is -2.35. The van der Waals surface area contributed by atoms with Gasteiger partial charge in [-0.25, -0.2) is 8.42 Å². The van der Waals surface area contributed by atoms with E-state index >= 15 is 0 Å². The van der Waals surface area contributed by atoms with Gasteiger partial charge in [0.15, 0.2) is 0 Å². The Morgan fingerprint density at radius 2 is 1.50 bits per heavy atom. The van der Waals surface area contributed by atoms with E-state index in [9.17, 15) is 18.0 Å². The summed E-state index contributed by atoms with van der Waals surface area (Å²) in [6, 6.07) is 29.1. The Kier molecular flexibility index (Phi) is 11.3. The van der Waals surface area contributed by atoms with Gasteiger partial charge in [-0.2, -0.15) is 0 Å². The van der Waals surface area contributed by atoms with E-state index < -0.39 is 34.1 Å². The zero-order valence-corrected chi connectivity index (χ0v) is 29.1. The molecule has 0 fully saturated rings. The molecule has 2 amide bonds. The topological polar surface area (TPSA) is 96.0 Å². The molecule has 0 spiro atoms. The number of nitrogens with one attached hydrogen (secondary N) is 1. The first-order chi connectivity index (χ1) is 21.8. The number of aryl methyl sites for hydroxylation is 1. The van der Waals surface area contributed by atoms with Crippen LogP contribution in [0.2, 0.25) is 0 Å². The van der Waals surface area contributed by atoms with Gasteiger partial charge in [-0.05, 0) is 80.8 Å². The Labute approximate surface area is 280 Å². The predicted octanol–water partition coefficient (Wildman–Crippen LogP) is 6.52. The highest BCUT2D eigenvalue weighted by Gasteiger charge is 2.36. The van der Waals surface area contributed by atoms with Crippen LogP contribution in [0.4, 0.5) is 5.69 Å². The molecule has 4 rings (SSSR count). The van der Waals surface area contributed by atoms with E-state index in [4.69, 9.17) is 4.74 Å². The summed E-state index contributed by atoms with van der Waals surface area (Å²) in [6.45, 7) is 6.97. The molecule has 46 heavy (non-hydrogen) atoms. The van der Waals surface area contributed by atoms with Crippen LogP contribution in [-0.4, -0.2) is 50.4 Å². The Morgan fingerprint density at radius 3 is 2.11 bits per heavy atom. The van der Waals surface area contributed by atoms with Crippen LogP contribution in [-0.2, 0) is 32.6 Å². The number of amides is 2. The van der Waals surface area contributed by atoms with Crippen molar-refractivity contribution in [1.82, 2.24) is 10.2 Å². The minimum Gasteiger partial charge on any atom is -0.495 e. The van der Waals surface area contributed by atoms with Gasteiger partial charge in [0.1, 0.15) is 18.3 Å². The summed E-state index contributed by atoms with van der Waals surface area (Å²) in [5, 5.41) is 3.04. The number of nitrogens with zero attached hydrogens (tertiary/aromatic N) is 2. The van der Waals surface area contributed by atoms with Crippen LogP contribution >= 0.6 is 15.9 Å². The molecule has 0 saturated carbocycles. The number of carbonyl (C=O) groups is 2. The molecule has 0 unspecified atom stereocenters. The summed E-state index contributed by atoms with van der Waals surface area (Å²) in [5.41, 5.74) is 2.07. The molecule has 1 N–H and O–H groups in total. The Bertz CT molecular complexity index is 1760. The van der Waals surface area contributed by atoms with Crippen molar-refractivity contribution in [2.75, 3.05) is 18.0 Å². The summed E-state index contributed by atoms with van der Waals surface area (Å²) >= 11 is 3.51. The number of rotatable bonds is 12. The lowest BCUT2D eigenvalue weighted by atomic mass is 10.0. The molecule has 1 atom stereocenters. The van der Waals surface area contributed by atoms with Crippen molar-refractivity contribution in [3.05, 3.63) is 124 Å². The van der Waals surface area contributed by atoms with Gasteiger partial charge in [-0.3, -0.25) is 13.9 Å². The Balaban J connectivity index is 1.86. The molecule has 0 heterocycles. The summed E-state index contributed by atoms with van der Waals surface area (Å²) in [4.78, 5) is 30.2. The molecule has 0 bridgehead atoms. The highest BCUT2D eigenvalue weighted by molar-refractivity contribution is 9.10. The van der Waals surface area contributed by atoms with E-state index in [1.807, 2.05) is 88.4 Å². The van der Waals surface area contributed by atoms with E-state index in [1.54, 1.807) is 30.3 Å². The molecule has 8 nitrogen and oxygen atoms in total. The molecular formula is C36H40BrN3O5S. The first kappa shape index (κ1) is 34.7. The van der Waals surface area contributed by atoms with Crippen LogP contribution in [0.1, 0.15) is 37.5 Å². The number of halogens is 1. The molecule has 242 valence electrons. The number of carbonyl (C=O) groups excluding carboxylic acids is 2. The number of hydrogen-bond donors (Lipinski definition) is 1. The standard InChI is InChI=1S/C36H40BrN3O5S/c1-26-19-20-33(45-5)31(21-26)40(46(43,44)30-17-10-7-11-18-30)25-34(41)39(24-28-15-12-16-29(37)22-28)32(35(42)38-36(2,3)4)23-27-13-8-6-9-14-27/h6-22,32H,23-25H2,1-5H3,(H,38,42)/t32-/m0/s1. The van der Waals surface area contributed by atoms with E-state index in [1.165, 1.54) is 24.1 Å². The third kappa shape index (κ3) is 8.98. The smallest absolute Gasteiger partial charge is 0.264 e. The average molecular weight is 707 g/mol. The fraction of sp³-hybridized carbons (Fsp3) is 0.278. The first-order valence-electron chi connectivity index (χ1n) is 14.9. The monoisotopic (exact) mass is 705 g/mol. The van der Waals surface area contributed by atoms with Crippen molar-refractivity contribution in [3.8, 4) is 5.75 Å². The van der Waals surface area contributed by atoms with Crippen molar-refractivity contribution >= 4 is 43.5 Å². The predicted molar refractivity (Wildman–Crippen MR) is 185 cm³/mol. The molecule has 0 aliphatic carbocycles. The summed E-state index contributed by atoms with van der Waals surface area (Å²) < 4.78 is 36.0. The largest absolute Gasteiger partial charge is 0.495 e. The lowest BCUT2D eigenvalue weighted by Crippen LogP contribution is -2.56. The van der Waals surface area contributed by atoms with Crippen LogP contribution < -0.4 is 14.4 Å². The lowest BCUT2D eigenvalue weighted by molar-refractivity contribution is -0.140. The minimum absolute atomic E-state index is 0.0243. The van der Waals surface area contributed by atoms with Gasteiger partial charge in [0, 0.05) is 23.0 Å². The van der Waals surface area contributed by atoms with Crippen molar-refractivity contribution in [2.45, 2.75) is 57.1 Å².